The minimum Gasteiger partial charge on any atom is -0.340 e. The molecule has 0 radical (unpaired) electrons. The van der Waals surface area contributed by atoms with Crippen LogP contribution in [-0.2, 0) is 4.79 Å². The molecule has 1 aliphatic rings. The highest BCUT2D eigenvalue weighted by molar-refractivity contribution is 8.14. The van der Waals surface area contributed by atoms with E-state index in [0.717, 1.165) is 6.42 Å². The summed E-state index contributed by atoms with van der Waals surface area (Å²) in [5, 5.41) is 2.59. The lowest BCUT2D eigenvalue weighted by atomic mass is 9.92. The molecule has 0 spiro atoms. The molecular weight excluding hydrogens is 250 g/mol. The zero-order valence-corrected chi connectivity index (χ0v) is 12.2. The number of rotatable bonds is 6. The molecule has 18 heavy (non-hydrogen) atoms. The van der Waals surface area contributed by atoms with Gasteiger partial charge in [-0.2, -0.15) is 0 Å². The fourth-order valence-electron chi connectivity index (χ4n) is 1.86. The highest BCUT2D eigenvalue weighted by atomic mass is 32.2. The number of nitrogens with one attached hydrogen (secondary N) is 1. The molecule has 2 amide bonds. The Morgan fingerprint density at radius 3 is 2.72 bits per heavy atom. The summed E-state index contributed by atoms with van der Waals surface area (Å²) in [6.07, 6.45) is 0.903. The van der Waals surface area contributed by atoms with Crippen molar-refractivity contribution in [1.82, 2.24) is 10.2 Å². The number of carbonyl (C=O) groups is 2. The molecule has 5 nitrogen and oxygen atoms in total. The van der Waals surface area contributed by atoms with Crippen molar-refractivity contribution in [3.63, 3.8) is 0 Å². The number of hydrogen-bond donors (Lipinski definition) is 2. The van der Waals surface area contributed by atoms with Crippen LogP contribution in [0.2, 0.25) is 0 Å². The highest BCUT2D eigenvalue weighted by Gasteiger charge is 2.33. The van der Waals surface area contributed by atoms with Crippen molar-refractivity contribution in [2.24, 2.45) is 11.1 Å². The Bertz CT molecular complexity index is 320. The van der Waals surface area contributed by atoms with E-state index in [4.69, 9.17) is 5.73 Å². The van der Waals surface area contributed by atoms with Gasteiger partial charge >= 0.3 is 0 Å². The number of carbonyl (C=O) groups excluding carboxylic acids is 2. The van der Waals surface area contributed by atoms with Gasteiger partial charge in [0.25, 0.3) is 5.24 Å². The molecule has 1 atom stereocenters. The normalized spacial score (nSPS) is 19.8. The van der Waals surface area contributed by atoms with Crippen molar-refractivity contribution in [3.05, 3.63) is 0 Å². The number of amides is 2. The molecule has 1 aliphatic heterocycles. The van der Waals surface area contributed by atoms with Gasteiger partial charge in [0, 0.05) is 18.8 Å². The van der Waals surface area contributed by atoms with Crippen LogP contribution >= 0.6 is 11.8 Å². The summed E-state index contributed by atoms with van der Waals surface area (Å²) in [7, 11) is 0. The summed E-state index contributed by atoms with van der Waals surface area (Å²) in [5.41, 5.74) is 5.62. The van der Waals surface area contributed by atoms with Crippen molar-refractivity contribution >= 4 is 22.9 Å². The van der Waals surface area contributed by atoms with Crippen molar-refractivity contribution in [3.8, 4) is 0 Å². The zero-order valence-electron chi connectivity index (χ0n) is 11.4. The zero-order chi connectivity index (χ0) is 13.8. The lowest BCUT2D eigenvalue weighted by molar-refractivity contribution is -0.133. The molecule has 0 aromatic heterocycles. The predicted molar refractivity (Wildman–Crippen MR) is 74.5 cm³/mol. The Balaban J connectivity index is 2.66. The number of hydrogen-bond acceptors (Lipinski definition) is 4. The van der Waals surface area contributed by atoms with Crippen molar-refractivity contribution in [2.75, 3.05) is 25.4 Å². The van der Waals surface area contributed by atoms with E-state index in [1.54, 1.807) is 0 Å². The Kier molecular flexibility index (Phi) is 5.47. The molecule has 0 aromatic carbocycles. The Labute approximate surface area is 113 Å². The van der Waals surface area contributed by atoms with E-state index < -0.39 is 0 Å². The monoisotopic (exact) mass is 273 g/mol. The second-order valence-corrected chi connectivity index (χ2v) is 6.42. The Morgan fingerprint density at radius 2 is 2.28 bits per heavy atom. The quantitative estimate of drug-likeness (QED) is 0.758. The third-order valence-electron chi connectivity index (χ3n) is 2.95. The van der Waals surface area contributed by atoms with Crippen LogP contribution in [0, 0.1) is 5.41 Å². The van der Waals surface area contributed by atoms with Crippen LogP contribution in [0.5, 0.6) is 0 Å². The van der Waals surface area contributed by atoms with Gasteiger partial charge < -0.3 is 16.0 Å². The average molecular weight is 273 g/mol. The molecule has 104 valence electrons. The number of nitrogens with zero attached hydrogens (tertiary/aromatic N) is 1. The lowest BCUT2D eigenvalue weighted by Gasteiger charge is -2.33. The molecule has 6 heteroatoms. The first-order valence-electron chi connectivity index (χ1n) is 6.32. The molecule has 1 rings (SSSR count). The van der Waals surface area contributed by atoms with Crippen LogP contribution in [0.15, 0.2) is 0 Å². The van der Waals surface area contributed by atoms with Gasteiger partial charge in [-0.05, 0) is 18.4 Å². The second-order valence-electron chi connectivity index (χ2n) is 5.42. The third-order valence-corrected chi connectivity index (χ3v) is 3.83. The molecule has 0 aromatic rings. The smallest absolute Gasteiger partial charge is 0.279 e. The summed E-state index contributed by atoms with van der Waals surface area (Å²) in [4.78, 5) is 25.3. The van der Waals surface area contributed by atoms with Gasteiger partial charge in [-0.3, -0.25) is 9.59 Å². The van der Waals surface area contributed by atoms with Crippen molar-refractivity contribution in [2.45, 2.75) is 33.2 Å². The first-order chi connectivity index (χ1) is 8.39. The lowest BCUT2D eigenvalue weighted by Crippen LogP contribution is -2.50. The predicted octanol–water partition coefficient (Wildman–Crippen LogP) is 1.03. The van der Waals surface area contributed by atoms with Crippen LogP contribution in [0.1, 0.15) is 27.2 Å². The summed E-state index contributed by atoms with van der Waals surface area (Å²) in [5.74, 6) is 0.540. The van der Waals surface area contributed by atoms with Gasteiger partial charge in [0.1, 0.15) is 6.04 Å². The third kappa shape index (κ3) is 4.17. The van der Waals surface area contributed by atoms with E-state index in [9.17, 15) is 9.59 Å². The largest absolute Gasteiger partial charge is 0.340 e. The van der Waals surface area contributed by atoms with E-state index >= 15 is 0 Å². The number of thioether (sulfide) groups is 1. The Hall–Kier alpha value is -0.750. The average Bonchev–Trinajstić information content (AvgIpc) is 2.74. The second kappa shape index (κ2) is 6.43. The molecule has 0 aliphatic carbocycles. The topological polar surface area (TPSA) is 75.4 Å². The standard InChI is InChI=1S/C12H23N3O2S/c1-4-5-15(8-12(2,3)7-13)10(16)9-6-18-11(17)14-9/h9H,4-8,13H2,1-3H3,(H,14,17). The van der Waals surface area contributed by atoms with Crippen LogP contribution in [0.25, 0.3) is 0 Å². The fraction of sp³-hybridized carbons (Fsp3) is 0.833. The van der Waals surface area contributed by atoms with Gasteiger partial charge in [-0.15, -0.1) is 0 Å². The van der Waals surface area contributed by atoms with Crippen LogP contribution in [0.4, 0.5) is 4.79 Å². The van der Waals surface area contributed by atoms with Gasteiger partial charge in [-0.1, -0.05) is 32.5 Å². The van der Waals surface area contributed by atoms with E-state index in [-0.39, 0.29) is 22.6 Å². The van der Waals surface area contributed by atoms with E-state index in [1.807, 2.05) is 25.7 Å². The molecule has 0 bridgehead atoms. The van der Waals surface area contributed by atoms with Crippen molar-refractivity contribution in [1.29, 1.82) is 0 Å². The van der Waals surface area contributed by atoms with Crippen LogP contribution in [0.3, 0.4) is 0 Å². The Morgan fingerprint density at radius 1 is 1.61 bits per heavy atom. The SMILES string of the molecule is CCCN(CC(C)(C)CN)C(=O)C1CSC(=O)N1. The van der Waals surface area contributed by atoms with Crippen molar-refractivity contribution < 1.29 is 9.59 Å². The molecule has 1 saturated heterocycles. The van der Waals surface area contributed by atoms with E-state index in [2.05, 4.69) is 5.32 Å². The maximum Gasteiger partial charge on any atom is 0.279 e. The summed E-state index contributed by atoms with van der Waals surface area (Å²) >= 11 is 1.17. The number of nitrogens with two attached hydrogens (primary N) is 1. The van der Waals surface area contributed by atoms with E-state index in [1.165, 1.54) is 11.8 Å². The van der Waals surface area contributed by atoms with Gasteiger partial charge in [0.05, 0.1) is 0 Å². The molecule has 1 unspecified atom stereocenters. The van der Waals surface area contributed by atoms with E-state index in [0.29, 0.717) is 25.4 Å². The molecule has 1 fully saturated rings. The molecule has 1 heterocycles. The molecule has 0 saturated carbocycles. The minimum atomic E-state index is -0.373. The molecule has 3 N–H and O–H groups in total. The summed E-state index contributed by atoms with van der Waals surface area (Å²) in [6.45, 7) is 8.01. The van der Waals surface area contributed by atoms with Gasteiger partial charge in [-0.25, -0.2) is 0 Å². The first-order valence-corrected chi connectivity index (χ1v) is 7.30. The summed E-state index contributed by atoms with van der Waals surface area (Å²) < 4.78 is 0. The summed E-state index contributed by atoms with van der Waals surface area (Å²) in [6, 6.07) is -0.373. The highest BCUT2D eigenvalue weighted by Crippen LogP contribution is 2.19. The maximum absolute atomic E-state index is 12.3. The van der Waals surface area contributed by atoms with Crippen LogP contribution in [-0.4, -0.2) is 47.5 Å². The van der Waals surface area contributed by atoms with Crippen LogP contribution < -0.4 is 11.1 Å². The van der Waals surface area contributed by atoms with Gasteiger partial charge in [0.15, 0.2) is 0 Å². The minimum absolute atomic E-state index is 0.0109. The maximum atomic E-state index is 12.3. The van der Waals surface area contributed by atoms with Gasteiger partial charge in [0.2, 0.25) is 5.91 Å². The fourth-order valence-corrected chi connectivity index (χ4v) is 2.63. The molecular formula is C12H23N3O2S. The first kappa shape index (κ1) is 15.3.